The summed E-state index contributed by atoms with van der Waals surface area (Å²) in [6.45, 7) is 4.08. The summed E-state index contributed by atoms with van der Waals surface area (Å²) in [6.07, 6.45) is 1.73. The Bertz CT molecular complexity index is 687. The predicted octanol–water partition coefficient (Wildman–Crippen LogP) is 3.21. The van der Waals surface area contributed by atoms with Crippen molar-refractivity contribution in [3.8, 4) is 0 Å². The topological polar surface area (TPSA) is 54.4 Å². The van der Waals surface area contributed by atoms with Crippen LogP contribution in [-0.4, -0.2) is 13.0 Å². The third kappa shape index (κ3) is 2.26. The van der Waals surface area contributed by atoms with Gasteiger partial charge in [0.2, 0.25) is 0 Å². The van der Waals surface area contributed by atoms with E-state index in [1.165, 1.54) is 6.07 Å². The second-order valence-corrected chi connectivity index (χ2v) is 5.67. The second kappa shape index (κ2) is 4.71. The van der Waals surface area contributed by atoms with Gasteiger partial charge in [0.1, 0.15) is 4.90 Å². The molecule has 3 nitrogen and oxygen atoms in total. The second-order valence-electron chi connectivity index (χ2n) is 4.28. The number of hydrogen-bond donors (Lipinski definition) is 1. The van der Waals surface area contributed by atoms with Crippen LogP contribution in [0, 0.1) is 0 Å². The standard InChI is InChI=1S/C14H16O3S/c1-3-10-5-7-12-13(9-10)11(4-2)6-8-14(12)18(15,16)17/h5-9H,3-4H2,1-2H3,(H,15,16,17). The molecule has 0 aliphatic heterocycles. The van der Waals surface area contributed by atoms with Gasteiger partial charge >= 0.3 is 0 Å². The zero-order valence-corrected chi connectivity index (χ0v) is 11.3. The van der Waals surface area contributed by atoms with Crippen molar-refractivity contribution in [1.29, 1.82) is 0 Å². The Kier molecular flexibility index (Phi) is 3.41. The number of aryl methyl sites for hydroxylation is 2. The minimum absolute atomic E-state index is 0.0163. The molecule has 96 valence electrons. The maximum absolute atomic E-state index is 11.4. The number of fused-ring (bicyclic) bond motifs is 1. The van der Waals surface area contributed by atoms with Gasteiger partial charge in [-0.3, -0.25) is 4.55 Å². The average Bonchev–Trinajstić information content (AvgIpc) is 2.35. The van der Waals surface area contributed by atoms with Crippen molar-refractivity contribution in [3.05, 3.63) is 41.5 Å². The first kappa shape index (κ1) is 13.1. The van der Waals surface area contributed by atoms with Crippen LogP contribution >= 0.6 is 0 Å². The monoisotopic (exact) mass is 264 g/mol. The molecule has 0 bridgehead atoms. The fourth-order valence-corrected chi connectivity index (χ4v) is 2.88. The lowest BCUT2D eigenvalue weighted by molar-refractivity contribution is 0.484. The SMILES string of the molecule is CCc1ccc2c(S(=O)(=O)O)ccc(CC)c2c1. The molecule has 0 aliphatic carbocycles. The van der Waals surface area contributed by atoms with E-state index in [-0.39, 0.29) is 4.90 Å². The zero-order valence-electron chi connectivity index (χ0n) is 10.5. The average molecular weight is 264 g/mol. The van der Waals surface area contributed by atoms with Gasteiger partial charge in [0, 0.05) is 5.39 Å². The van der Waals surface area contributed by atoms with Crippen molar-refractivity contribution in [1.82, 2.24) is 0 Å². The summed E-state index contributed by atoms with van der Waals surface area (Å²) in [5.74, 6) is 0. The summed E-state index contributed by atoms with van der Waals surface area (Å²) in [5.41, 5.74) is 2.25. The smallest absolute Gasteiger partial charge is 0.282 e. The maximum Gasteiger partial charge on any atom is 0.295 e. The number of benzene rings is 2. The molecule has 0 amide bonds. The first-order valence-corrected chi connectivity index (χ1v) is 7.43. The van der Waals surface area contributed by atoms with Crippen LogP contribution in [0.5, 0.6) is 0 Å². The molecule has 4 heteroatoms. The Hall–Kier alpha value is -1.39. The van der Waals surface area contributed by atoms with E-state index in [9.17, 15) is 13.0 Å². The Morgan fingerprint density at radius 2 is 1.72 bits per heavy atom. The molecule has 0 unspecified atom stereocenters. The van der Waals surface area contributed by atoms with Crippen LogP contribution in [-0.2, 0) is 23.0 Å². The van der Waals surface area contributed by atoms with Crippen LogP contribution in [0.4, 0.5) is 0 Å². The van der Waals surface area contributed by atoms with E-state index in [0.29, 0.717) is 5.39 Å². The van der Waals surface area contributed by atoms with E-state index in [2.05, 4.69) is 6.92 Å². The lowest BCUT2D eigenvalue weighted by Crippen LogP contribution is -2.00. The highest BCUT2D eigenvalue weighted by atomic mass is 32.2. The van der Waals surface area contributed by atoms with Gasteiger partial charge in [0.25, 0.3) is 10.1 Å². The molecule has 18 heavy (non-hydrogen) atoms. The van der Waals surface area contributed by atoms with Crippen molar-refractivity contribution in [2.75, 3.05) is 0 Å². The van der Waals surface area contributed by atoms with Gasteiger partial charge in [-0.15, -0.1) is 0 Å². The Morgan fingerprint density at radius 3 is 2.28 bits per heavy atom. The molecule has 0 atom stereocenters. The molecule has 0 spiro atoms. The molecule has 2 aromatic rings. The molecule has 0 aromatic heterocycles. The van der Waals surface area contributed by atoms with Gasteiger partial charge in [-0.1, -0.05) is 38.1 Å². The molecule has 0 fully saturated rings. The molecule has 0 saturated carbocycles. The van der Waals surface area contributed by atoms with Gasteiger partial charge in [-0.05, 0) is 35.4 Å². The van der Waals surface area contributed by atoms with E-state index in [0.717, 1.165) is 29.4 Å². The van der Waals surface area contributed by atoms with Gasteiger partial charge in [-0.25, -0.2) is 0 Å². The molecular weight excluding hydrogens is 248 g/mol. The highest BCUT2D eigenvalue weighted by Crippen LogP contribution is 2.27. The Labute approximate surface area is 107 Å². The van der Waals surface area contributed by atoms with Gasteiger partial charge in [0.15, 0.2) is 0 Å². The molecular formula is C14H16O3S. The minimum Gasteiger partial charge on any atom is -0.282 e. The lowest BCUT2D eigenvalue weighted by Gasteiger charge is -2.10. The van der Waals surface area contributed by atoms with Crippen molar-refractivity contribution >= 4 is 20.9 Å². The van der Waals surface area contributed by atoms with Gasteiger partial charge in [-0.2, -0.15) is 8.42 Å². The molecule has 1 N–H and O–H groups in total. The summed E-state index contributed by atoms with van der Waals surface area (Å²) in [4.78, 5) is -0.0163. The van der Waals surface area contributed by atoms with Crippen molar-refractivity contribution in [2.45, 2.75) is 31.6 Å². The fraction of sp³-hybridized carbons (Fsp3) is 0.286. The van der Waals surface area contributed by atoms with Crippen LogP contribution in [0.2, 0.25) is 0 Å². The fourth-order valence-electron chi connectivity index (χ4n) is 2.18. The molecule has 0 aliphatic rings. The molecule has 0 radical (unpaired) electrons. The number of rotatable bonds is 3. The van der Waals surface area contributed by atoms with Crippen molar-refractivity contribution in [2.24, 2.45) is 0 Å². The van der Waals surface area contributed by atoms with Gasteiger partial charge < -0.3 is 0 Å². The Morgan fingerprint density at radius 1 is 1.00 bits per heavy atom. The van der Waals surface area contributed by atoms with E-state index in [1.807, 2.05) is 19.1 Å². The van der Waals surface area contributed by atoms with Crippen LogP contribution in [0.25, 0.3) is 10.8 Å². The number of hydrogen-bond acceptors (Lipinski definition) is 2. The highest BCUT2D eigenvalue weighted by Gasteiger charge is 2.15. The summed E-state index contributed by atoms with van der Waals surface area (Å²) in [7, 11) is -4.17. The Balaban J connectivity index is 2.87. The van der Waals surface area contributed by atoms with Crippen LogP contribution in [0.3, 0.4) is 0 Å². The highest BCUT2D eigenvalue weighted by molar-refractivity contribution is 7.86. The third-order valence-electron chi connectivity index (χ3n) is 3.20. The normalized spacial score (nSPS) is 11.9. The van der Waals surface area contributed by atoms with E-state index >= 15 is 0 Å². The minimum atomic E-state index is -4.17. The van der Waals surface area contributed by atoms with Crippen LogP contribution < -0.4 is 0 Å². The summed E-state index contributed by atoms with van der Waals surface area (Å²) >= 11 is 0. The molecule has 0 saturated heterocycles. The maximum atomic E-state index is 11.4. The van der Waals surface area contributed by atoms with Crippen molar-refractivity contribution < 1.29 is 13.0 Å². The summed E-state index contributed by atoms with van der Waals surface area (Å²) < 4.78 is 32.0. The molecule has 0 heterocycles. The van der Waals surface area contributed by atoms with Crippen molar-refractivity contribution in [3.63, 3.8) is 0 Å². The van der Waals surface area contributed by atoms with E-state index < -0.39 is 10.1 Å². The first-order valence-electron chi connectivity index (χ1n) is 5.99. The third-order valence-corrected chi connectivity index (χ3v) is 4.11. The first-order chi connectivity index (χ1) is 8.47. The summed E-state index contributed by atoms with van der Waals surface area (Å²) in [6, 6.07) is 8.92. The molecule has 2 rings (SSSR count). The van der Waals surface area contributed by atoms with Crippen LogP contribution in [0.15, 0.2) is 35.2 Å². The molecule has 2 aromatic carbocycles. The van der Waals surface area contributed by atoms with Crippen LogP contribution in [0.1, 0.15) is 25.0 Å². The lowest BCUT2D eigenvalue weighted by atomic mass is 9.99. The van der Waals surface area contributed by atoms with Gasteiger partial charge in [0.05, 0.1) is 0 Å². The zero-order chi connectivity index (χ0) is 13.3. The summed E-state index contributed by atoms with van der Waals surface area (Å²) in [5, 5.41) is 1.50. The van der Waals surface area contributed by atoms with E-state index in [1.54, 1.807) is 12.1 Å². The largest absolute Gasteiger partial charge is 0.295 e. The van der Waals surface area contributed by atoms with E-state index in [4.69, 9.17) is 0 Å². The predicted molar refractivity (Wildman–Crippen MR) is 72.5 cm³/mol. The quantitative estimate of drug-likeness (QED) is 0.866.